The summed E-state index contributed by atoms with van der Waals surface area (Å²) in [6.45, 7) is 4.45. The maximum Gasteiger partial charge on any atom is 0.343 e. The summed E-state index contributed by atoms with van der Waals surface area (Å²) in [4.78, 5) is 27.8. The van der Waals surface area contributed by atoms with Crippen LogP contribution in [0.2, 0.25) is 5.02 Å². The molecule has 2 aromatic carbocycles. The number of carbonyl (C=O) groups excluding carboxylic acids is 2. The number of benzene rings is 2. The molecule has 0 bridgehead atoms. The maximum atomic E-state index is 13.2. The van der Waals surface area contributed by atoms with Gasteiger partial charge in [-0.05, 0) is 59.7 Å². The molecule has 1 fully saturated rings. The number of nitrogens with two attached hydrogens (primary N) is 1. The van der Waals surface area contributed by atoms with Gasteiger partial charge in [-0.15, -0.1) is 5.10 Å². The lowest BCUT2D eigenvalue weighted by Gasteiger charge is -2.26. The standard InChI is InChI=1S/C26H26ClN9O6/c1-15(17-5-8-20(21(13-17)39-2)41-26(38)16-3-6-18(27)7-4-16)29-31-25(37)22-19(14-35-9-11-40-12-10-35)36(34-30-22)24-23(28)32-42-33-24/h3-8,13H,9-12,14H2,1-2H3,(H2,28,32)(H,31,37)/b29-15+. The zero-order valence-corrected chi connectivity index (χ0v) is 23.4. The van der Waals surface area contributed by atoms with Gasteiger partial charge in [0.25, 0.3) is 5.91 Å². The van der Waals surface area contributed by atoms with Gasteiger partial charge in [0.05, 0.1) is 37.3 Å². The van der Waals surface area contributed by atoms with Gasteiger partial charge in [0.15, 0.2) is 17.2 Å². The quantitative estimate of drug-likeness (QED) is 0.124. The van der Waals surface area contributed by atoms with E-state index in [1.165, 1.54) is 11.8 Å². The number of nitrogens with one attached hydrogen (secondary N) is 1. The molecule has 0 atom stereocenters. The van der Waals surface area contributed by atoms with Crippen molar-refractivity contribution in [3.05, 3.63) is 70.0 Å². The van der Waals surface area contributed by atoms with Crippen LogP contribution in [0.5, 0.6) is 11.5 Å². The summed E-state index contributed by atoms with van der Waals surface area (Å²) in [7, 11) is 1.45. The van der Waals surface area contributed by atoms with Gasteiger partial charge < -0.3 is 19.9 Å². The van der Waals surface area contributed by atoms with E-state index >= 15 is 0 Å². The second kappa shape index (κ2) is 12.8. The Kier molecular flexibility index (Phi) is 8.71. The van der Waals surface area contributed by atoms with Crippen LogP contribution in [0.25, 0.3) is 5.82 Å². The number of hydrogen-bond acceptors (Lipinski definition) is 13. The fraction of sp³-hybridized carbons (Fsp3) is 0.269. The minimum Gasteiger partial charge on any atom is -0.493 e. The van der Waals surface area contributed by atoms with E-state index in [1.54, 1.807) is 49.4 Å². The Labute approximate surface area is 244 Å². The molecule has 0 unspecified atom stereocenters. The zero-order chi connectivity index (χ0) is 29.6. The molecule has 16 heteroatoms. The highest BCUT2D eigenvalue weighted by Gasteiger charge is 2.26. The number of hydrogen-bond donors (Lipinski definition) is 2. The Morgan fingerprint density at radius 2 is 1.83 bits per heavy atom. The van der Waals surface area contributed by atoms with Gasteiger partial charge >= 0.3 is 5.97 Å². The number of aromatic nitrogens is 5. The number of methoxy groups -OCH3 is 1. The van der Waals surface area contributed by atoms with Crippen molar-refractivity contribution in [2.75, 3.05) is 39.1 Å². The monoisotopic (exact) mass is 595 g/mol. The van der Waals surface area contributed by atoms with E-state index in [-0.39, 0.29) is 23.1 Å². The molecule has 218 valence electrons. The maximum absolute atomic E-state index is 13.2. The molecule has 3 heterocycles. The van der Waals surface area contributed by atoms with E-state index in [0.29, 0.717) is 66.2 Å². The van der Waals surface area contributed by atoms with Crippen molar-refractivity contribution in [2.24, 2.45) is 5.10 Å². The molecule has 1 aliphatic heterocycles. The second-order valence-corrected chi connectivity index (χ2v) is 9.49. The van der Waals surface area contributed by atoms with Gasteiger partial charge in [0.2, 0.25) is 11.6 Å². The number of nitrogens with zero attached hydrogens (tertiary/aromatic N) is 7. The average molecular weight is 596 g/mol. The Hall–Kier alpha value is -4.86. The molecule has 1 amide bonds. The highest BCUT2D eigenvalue weighted by Crippen LogP contribution is 2.29. The van der Waals surface area contributed by atoms with Gasteiger partial charge in [-0.25, -0.2) is 14.8 Å². The highest BCUT2D eigenvalue weighted by atomic mass is 35.5. The third-order valence-electron chi connectivity index (χ3n) is 6.34. The smallest absolute Gasteiger partial charge is 0.343 e. The summed E-state index contributed by atoms with van der Waals surface area (Å²) in [6.07, 6.45) is 0. The fourth-order valence-electron chi connectivity index (χ4n) is 4.07. The SMILES string of the molecule is COc1cc(/C(C)=N/NC(=O)c2nnn(-c3nonc3N)c2CN2CCOCC2)ccc1OC(=O)c1ccc(Cl)cc1. The van der Waals surface area contributed by atoms with Crippen LogP contribution in [0, 0.1) is 0 Å². The van der Waals surface area contributed by atoms with Gasteiger partial charge in [-0.2, -0.15) is 9.78 Å². The van der Waals surface area contributed by atoms with E-state index in [2.05, 4.69) is 36.1 Å². The number of anilines is 1. The number of halogens is 1. The van der Waals surface area contributed by atoms with Crippen molar-refractivity contribution in [2.45, 2.75) is 13.5 Å². The number of amides is 1. The topological polar surface area (TPSA) is 185 Å². The molecule has 1 saturated heterocycles. The molecule has 15 nitrogen and oxygen atoms in total. The van der Waals surface area contributed by atoms with Crippen molar-refractivity contribution in [3.8, 4) is 17.3 Å². The highest BCUT2D eigenvalue weighted by molar-refractivity contribution is 6.30. The van der Waals surface area contributed by atoms with E-state index in [9.17, 15) is 9.59 Å². The van der Waals surface area contributed by atoms with Gasteiger partial charge in [-0.1, -0.05) is 16.8 Å². The summed E-state index contributed by atoms with van der Waals surface area (Å²) in [5.41, 5.74) is 10.2. The zero-order valence-electron chi connectivity index (χ0n) is 22.6. The van der Waals surface area contributed by atoms with E-state index in [1.807, 2.05) is 0 Å². The summed E-state index contributed by atoms with van der Waals surface area (Å²) in [5, 5.41) is 20.2. The molecule has 42 heavy (non-hydrogen) atoms. The van der Waals surface area contributed by atoms with Gasteiger partial charge in [-0.3, -0.25) is 9.69 Å². The Morgan fingerprint density at radius 1 is 1.10 bits per heavy atom. The normalized spacial score (nSPS) is 14.0. The van der Waals surface area contributed by atoms with Gasteiger partial charge in [0.1, 0.15) is 0 Å². The number of nitrogen functional groups attached to an aromatic ring is 1. The van der Waals surface area contributed by atoms with Crippen molar-refractivity contribution < 1.29 is 28.4 Å². The second-order valence-electron chi connectivity index (χ2n) is 9.06. The number of ether oxygens (including phenoxy) is 3. The van der Waals surface area contributed by atoms with Crippen LogP contribution in [0.3, 0.4) is 0 Å². The first-order valence-electron chi connectivity index (χ1n) is 12.7. The molecular formula is C26H26ClN9O6. The minimum atomic E-state index is -0.598. The first kappa shape index (κ1) is 28.7. The molecule has 4 aromatic rings. The Morgan fingerprint density at radius 3 is 2.52 bits per heavy atom. The summed E-state index contributed by atoms with van der Waals surface area (Å²) in [6, 6.07) is 11.2. The van der Waals surface area contributed by atoms with Gasteiger partial charge in [0, 0.05) is 30.2 Å². The summed E-state index contributed by atoms with van der Waals surface area (Å²) < 4.78 is 22.4. The average Bonchev–Trinajstić information content (AvgIpc) is 3.62. The van der Waals surface area contributed by atoms with Crippen molar-refractivity contribution in [1.29, 1.82) is 0 Å². The Balaban J connectivity index is 1.33. The van der Waals surface area contributed by atoms with Crippen LogP contribution >= 0.6 is 11.6 Å². The van der Waals surface area contributed by atoms with Crippen LogP contribution in [0.4, 0.5) is 5.82 Å². The van der Waals surface area contributed by atoms with Crippen molar-refractivity contribution >= 4 is 35.0 Å². The number of rotatable bonds is 9. The first-order valence-corrected chi connectivity index (χ1v) is 13.1. The predicted molar refractivity (Wildman–Crippen MR) is 149 cm³/mol. The molecule has 0 aliphatic carbocycles. The lowest BCUT2D eigenvalue weighted by molar-refractivity contribution is 0.0332. The third kappa shape index (κ3) is 6.38. The molecule has 1 aliphatic rings. The molecular weight excluding hydrogens is 570 g/mol. The van der Waals surface area contributed by atoms with Crippen LogP contribution in [0.15, 0.2) is 52.2 Å². The largest absolute Gasteiger partial charge is 0.493 e. The molecule has 3 N–H and O–H groups in total. The van der Waals surface area contributed by atoms with Crippen LogP contribution in [0.1, 0.15) is 39.0 Å². The lowest BCUT2D eigenvalue weighted by atomic mass is 10.1. The van der Waals surface area contributed by atoms with Crippen LogP contribution in [-0.2, 0) is 11.3 Å². The van der Waals surface area contributed by atoms with E-state index in [0.717, 1.165) is 0 Å². The predicted octanol–water partition coefficient (Wildman–Crippen LogP) is 2.10. The third-order valence-corrected chi connectivity index (χ3v) is 6.59. The van der Waals surface area contributed by atoms with E-state index < -0.39 is 11.9 Å². The number of esters is 1. The van der Waals surface area contributed by atoms with Crippen LogP contribution < -0.4 is 20.6 Å². The molecule has 5 rings (SSSR count). The molecule has 0 radical (unpaired) electrons. The summed E-state index contributed by atoms with van der Waals surface area (Å²) in [5.74, 6) is -0.540. The van der Waals surface area contributed by atoms with Crippen molar-refractivity contribution in [3.63, 3.8) is 0 Å². The first-order chi connectivity index (χ1) is 20.3. The van der Waals surface area contributed by atoms with Crippen molar-refractivity contribution in [1.82, 2.24) is 35.6 Å². The molecule has 0 spiro atoms. The lowest BCUT2D eigenvalue weighted by Crippen LogP contribution is -2.37. The number of hydrazone groups is 1. The molecule has 2 aromatic heterocycles. The number of carbonyl (C=O) groups is 2. The molecule has 0 saturated carbocycles. The number of morpholine rings is 1. The fourth-order valence-corrected chi connectivity index (χ4v) is 4.20. The Bertz CT molecular complexity index is 1610. The van der Waals surface area contributed by atoms with Crippen LogP contribution in [-0.4, -0.2) is 81.2 Å². The minimum absolute atomic E-state index is 0.000176. The summed E-state index contributed by atoms with van der Waals surface area (Å²) >= 11 is 5.89. The van der Waals surface area contributed by atoms with E-state index in [4.69, 9.17) is 36.2 Å².